The van der Waals surface area contributed by atoms with Gasteiger partial charge < -0.3 is 15.2 Å². The molecule has 2 aliphatic heterocycles. The first-order valence-corrected chi connectivity index (χ1v) is 10.9. The van der Waals surface area contributed by atoms with Crippen molar-refractivity contribution >= 4 is 15.9 Å². The van der Waals surface area contributed by atoms with Crippen LogP contribution in [0.1, 0.15) is 54.8 Å². The Hall–Kier alpha value is -1.45. The number of hydrogen-bond donors (Lipinski definition) is 2. The number of nitrogens with zero attached hydrogens (tertiary/aromatic N) is 2. The quantitative estimate of drug-likeness (QED) is 0.776. The van der Waals surface area contributed by atoms with E-state index in [4.69, 9.17) is 4.52 Å². The van der Waals surface area contributed by atoms with Gasteiger partial charge in [-0.25, -0.2) is 8.42 Å². The molecule has 0 spiro atoms. The molecule has 0 aromatic carbocycles. The number of nitrogens with one attached hydrogen (secondary N) is 2. The highest BCUT2D eigenvalue weighted by Crippen LogP contribution is 2.40. The minimum atomic E-state index is -3.32. The molecule has 2 N–H and O–H groups in total. The lowest BCUT2D eigenvalue weighted by atomic mass is 10.1. The zero-order valence-corrected chi connectivity index (χ0v) is 15.8. The molecule has 3 heterocycles. The fraction of sp³-hybridized carbons (Fsp3) is 0.765. The predicted molar refractivity (Wildman–Crippen MR) is 95.3 cm³/mol. The molecule has 8 nitrogen and oxygen atoms in total. The number of carbonyl (C=O) groups excluding carboxylic acids is 1. The molecule has 144 valence electrons. The second-order valence-corrected chi connectivity index (χ2v) is 9.97. The number of hydrogen-bond acceptors (Lipinski definition) is 6. The molecular weight excluding hydrogens is 356 g/mol. The van der Waals surface area contributed by atoms with Crippen molar-refractivity contribution < 1.29 is 17.7 Å². The molecule has 2 saturated heterocycles. The van der Waals surface area contributed by atoms with Gasteiger partial charge in [0.25, 0.3) is 5.91 Å². The van der Waals surface area contributed by atoms with Crippen LogP contribution in [0.2, 0.25) is 0 Å². The van der Waals surface area contributed by atoms with Crippen molar-refractivity contribution in [2.45, 2.75) is 49.8 Å². The average Bonchev–Trinajstić information content (AvgIpc) is 3.24. The van der Waals surface area contributed by atoms with Crippen LogP contribution in [0.25, 0.3) is 0 Å². The Morgan fingerprint density at radius 3 is 2.69 bits per heavy atom. The van der Waals surface area contributed by atoms with Gasteiger partial charge in [-0.1, -0.05) is 12.1 Å². The van der Waals surface area contributed by atoms with Crippen LogP contribution in [-0.2, 0) is 10.0 Å². The van der Waals surface area contributed by atoms with Crippen molar-refractivity contribution in [3.05, 3.63) is 17.5 Å². The Morgan fingerprint density at radius 2 is 2.00 bits per heavy atom. The second kappa shape index (κ2) is 6.94. The van der Waals surface area contributed by atoms with Gasteiger partial charge in [0.15, 0.2) is 5.69 Å². The largest absolute Gasteiger partial charge is 0.360 e. The Bertz CT molecular complexity index is 767. The lowest BCUT2D eigenvalue weighted by Crippen LogP contribution is -2.45. The highest BCUT2D eigenvalue weighted by atomic mass is 32.2. The summed E-state index contributed by atoms with van der Waals surface area (Å²) in [5.74, 6) is 0.939. The summed E-state index contributed by atoms with van der Waals surface area (Å²) in [6, 6.07) is 1.50. The van der Waals surface area contributed by atoms with E-state index in [1.165, 1.54) is 0 Å². The van der Waals surface area contributed by atoms with Gasteiger partial charge in [-0.15, -0.1) is 0 Å². The number of sulfonamides is 1. The highest BCUT2D eigenvalue weighted by molar-refractivity contribution is 7.89. The topological polar surface area (TPSA) is 105 Å². The summed E-state index contributed by atoms with van der Waals surface area (Å²) in [7, 11) is -3.32. The van der Waals surface area contributed by atoms with Crippen LogP contribution in [0.3, 0.4) is 0 Å². The fourth-order valence-corrected chi connectivity index (χ4v) is 5.89. The number of piperidine rings is 1. The third-order valence-corrected chi connectivity index (χ3v) is 8.04. The van der Waals surface area contributed by atoms with Crippen LogP contribution in [0, 0.1) is 5.92 Å². The van der Waals surface area contributed by atoms with E-state index in [1.807, 2.05) is 6.92 Å². The van der Waals surface area contributed by atoms with Gasteiger partial charge in [-0.2, -0.15) is 4.31 Å². The molecule has 4 rings (SSSR count). The summed E-state index contributed by atoms with van der Waals surface area (Å²) in [4.78, 5) is 12.5. The maximum absolute atomic E-state index is 12.9. The Balaban J connectivity index is 1.39. The molecule has 9 heteroatoms. The van der Waals surface area contributed by atoms with Gasteiger partial charge in [-0.05, 0) is 44.7 Å². The van der Waals surface area contributed by atoms with Crippen LogP contribution in [0.4, 0.5) is 0 Å². The number of carbonyl (C=O) groups is 1. The van der Waals surface area contributed by atoms with E-state index in [2.05, 4.69) is 15.8 Å². The molecule has 0 radical (unpaired) electrons. The Labute approximate surface area is 153 Å². The molecule has 0 unspecified atom stereocenters. The first-order valence-electron chi connectivity index (χ1n) is 9.42. The van der Waals surface area contributed by atoms with E-state index in [0.717, 1.165) is 31.7 Å². The summed E-state index contributed by atoms with van der Waals surface area (Å²) in [6.07, 6.45) is 3.46. The number of aromatic nitrogens is 1. The molecule has 1 aromatic rings. The van der Waals surface area contributed by atoms with Crippen molar-refractivity contribution in [3.8, 4) is 0 Å². The minimum Gasteiger partial charge on any atom is -0.360 e. The zero-order valence-electron chi connectivity index (χ0n) is 15.0. The molecule has 3 fully saturated rings. The molecular formula is C17H26N4O4S. The fourth-order valence-electron chi connectivity index (χ4n) is 3.82. The molecule has 1 amide bonds. The van der Waals surface area contributed by atoms with Crippen LogP contribution in [0.5, 0.6) is 0 Å². The van der Waals surface area contributed by atoms with Gasteiger partial charge >= 0.3 is 0 Å². The molecule has 2 atom stereocenters. The summed E-state index contributed by atoms with van der Waals surface area (Å²) in [5.41, 5.74) is 0.277. The van der Waals surface area contributed by atoms with Gasteiger partial charge in [0.05, 0.1) is 5.25 Å². The van der Waals surface area contributed by atoms with Crippen LogP contribution >= 0.6 is 0 Å². The van der Waals surface area contributed by atoms with E-state index in [-0.39, 0.29) is 28.8 Å². The van der Waals surface area contributed by atoms with E-state index < -0.39 is 10.0 Å². The third-order valence-electron chi connectivity index (χ3n) is 5.70. The van der Waals surface area contributed by atoms with Crippen molar-refractivity contribution in [1.82, 2.24) is 20.1 Å². The van der Waals surface area contributed by atoms with Crippen molar-refractivity contribution in [3.63, 3.8) is 0 Å². The van der Waals surface area contributed by atoms with Gasteiger partial charge in [0.1, 0.15) is 5.76 Å². The summed E-state index contributed by atoms with van der Waals surface area (Å²) >= 11 is 0. The summed E-state index contributed by atoms with van der Waals surface area (Å²) in [6.45, 7) is 4.23. The maximum atomic E-state index is 12.9. The van der Waals surface area contributed by atoms with E-state index >= 15 is 0 Å². The third kappa shape index (κ3) is 3.52. The molecule has 1 saturated carbocycles. The van der Waals surface area contributed by atoms with E-state index in [0.29, 0.717) is 31.8 Å². The molecule has 1 aliphatic carbocycles. The first kappa shape index (κ1) is 17.9. The van der Waals surface area contributed by atoms with Gasteiger partial charge in [0, 0.05) is 31.1 Å². The molecule has 1 aromatic heterocycles. The highest BCUT2D eigenvalue weighted by Gasteiger charge is 2.41. The second-order valence-electron chi connectivity index (χ2n) is 7.76. The lowest BCUT2D eigenvalue weighted by Gasteiger charge is -2.27. The minimum absolute atomic E-state index is 0.0604. The van der Waals surface area contributed by atoms with Crippen molar-refractivity contribution in [2.75, 3.05) is 26.2 Å². The number of rotatable bonds is 5. The van der Waals surface area contributed by atoms with Crippen LogP contribution in [-0.4, -0.2) is 61.3 Å². The van der Waals surface area contributed by atoms with Gasteiger partial charge in [0.2, 0.25) is 10.0 Å². The SMILES string of the molecule is C[C@H]1CN(S(=O)(=O)C2CCNCC2)C[C@@H]1NC(=O)c1cc(C2CC2)on1. The monoisotopic (exact) mass is 382 g/mol. The van der Waals surface area contributed by atoms with Crippen molar-refractivity contribution in [1.29, 1.82) is 0 Å². The average molecular weight is 382 g/mol. The van der Waals surface area contributed by atoms with Gasteiger partial charge in [-0.3, -0.25) is 4.79 Å². The standard InChI is InChI=1S/C17H26N4O4S/c1-11-9-21(26(23,24)13-4-6-18-7-5-13)10-15(11)19-17(22)14-8-16(25-20-14)12-2-3-12/h8,11-13,15,18H,2-7,9-10H2,1H3,(H,19,22)/t11-,15-/m0/s1. The smallest absolute Gasteiger partial charge is 0.273 e. The summed E-state index contributed by atoms with van der Waals surface area (Å²) < 4.78 is 32.5. The maximum Gasteiger partial charge on any atom is 0.273 e. The normalized spacial score (nSPS) is 28.3. The number of amides is 1. The molecule has 0 bridgehead atoms. The Kier molecular flexibility index (Phi) is 4.79. The van der Waals surface area contributed by atoms with Crippen LogP contribution in [0.15, 0.2) is 10.6 Å². The van der Waals surface area contributed by atoms with Crippen LogP contribution < -0.4 is 10.6 Å². The Morgan fingerprint density at radius 1 is 1.27 bits per heavy atom. The lowest BCUT2D eigenvalue weighted by molar-refractivity contribution is 0.0923. The summed E-state index contributed by atoms with van der Waals surface area (Å²) in [5, 5.41) is 9.68. The first-order chi connectivity index (χ1) is 12.4. The predicted octanol–water partition coefficient (Wildman–Crippen LogP) is 0.684. The molecule has 3 aliphatic rings. The zero-order chi connectivity index (χ0) is 18.3. The van der Waals surface area contributed by atoms with E-state index in [1.54, 1.807) is 10.4 Å². The van der Waals surface area contributed by atoms with E-state index in [9.17, 15) is 13.2 Å². The van der Waals surface area contributed by atoms with Crippen molar-refractivity contribution in [2.24, 2.45) is 5.92 Å². The molecule has 26 heavy (non-hydrogen) atoms.